The zero-order valence-corrected chi connectivity index (χ0v) is 10.5. The average Bonchev–Trinajstić information content (AvgIpc) is 2.37. The van der Waals surface area contributed by atoms with Gasteiger partial charge in [-0.1, -0.05) is 13.8 Å². The minimum Gasteiger partial charge on any atom is -0.396 e. The second-order valence-corrected chi connectivity index (χ2v) is 4.59. The minimum absolute atomic E-state index is 0.0251. The van der Waals surface area contributed by atoms with E-state index in [-0.39, 0.29) is 29.9 Å². The predicted octanol–water partition coefficient (Wildman–Crippen LogP) is 2.43. The molecule has 0 aliphatic carbocycles. The molecule has 98 valence electrons. The van der Waals surface area contributed by atoms with Gasteiger partial charge in [-0.15, -0.1) is 0 Å². The smallest absolute Gasteiger partial charge is 0.269 e. The van der Waals surface area contributed by atoms with Crippen molar-refractivity contribution in [1.82, 2.24) is 0 Å². The number of carbonyl (C=O) groups excluding carboxylic acids is 1. The van der Waals surface area contributed by atoms with Crippen LogP contribution in [0.3, 0.4) is 0 Å². The number of nitrogens with zero attached hydrogens (tertiary/aromatic N) is 1. The van der Waals surface area contributed by atoms with Crippen LogP contribution in [-0.2, 0) is 0 Å². The van der Waals surface area contributed by atoms with Gasteiger partial charge in [-0.05, 0) is 24.5 Å². The molecular formula is C13H17NO4. The summed E-state index contributed by atoms with van der Waals surface area (Å²) in [4.78, 5) is 22.0. The van der Waals surface area contributed by atoms with Crippen LogP contribution in [0.2, 0.25) is 0 Å². The third-order valence-electron chi connectivity index (χ3n) is 2.88. The van der Waals surface area contributed by atoms with Gasteiger partial charge in [-0.2, -0.15) is 0 Å². The Bertz CT molecular complexity index is 427. The summed E-state index contributed by atoms with van der Waals surface area (Å²) in [6.07, 6.45) is 0.603. The van der Waals surface area contributed by atoms with E-state index in [1.165, 1.54) is 24.3 Å². The molecule has 0 saturated carbocycles. The van der Waals surface area contributed by atoms with Crippen LogP contribution in [-0.4, -0.2) is 22.4 Å². The molecule has 18 heavy (non-hydrogen) atoms. The first-order chi connectivity index (χ1) is 8.45. The highest BCUT2D eigenvalue weighted by molar-refractivity contribution is 5.97. The Morgan fingerprint density at radius 2 is 1.89 bits per heavy atom. The lowest BCUT2D eigenvalue weighted by Crippen LogP contribution is -2.16. The number of aliphatic hydroxyl groups is 1. The standard InChI is InChI=1S/C13H17NO4/c1-9(8-15)7-10(2)13(16)11-3-5-12(6-4-11)14(17)18/h3-6,9-10,15H,7-8H2,1-2H3/t9-,10+/m0/s1. The van der Waals surface area contributed by atoms with Crippen molar-refractivity contribution in [3.63, 3.8) is 0 Å². The monoisotopic (exact) mass is 251 g/mol. The fourth-order valence-corrected chi connectivity index (χ4v) is 1.82. The number of rotatable bonds is 6. The summed E-state index contributed by atoms with van der Waals surface area (Å²) < 4.78 is 0. The van der Waals surface area contributed by atoms with Crippen molar-refractivity contribution in [2.75, 3.05) is 6.61 Å². The van der Waals surface area contributed by atoms with Crippen molar-refractivity contribution in [2.45, 2.75) is 20.3 Å². The van der Waals surface area contributed by atoms with E-state index in [0.29, 0.717) is 12.0 Å². The Hall–Kier alpha value is -1.75. The maximum atomic E-state index is 12.0. The third kappa shape index (κ3) is 3.63. The number of carbonyl (C=O) groups is 1. The Morgan fingerprint density at radius 1 is 1.33 bits per heavy atom. The molecule has 0 spiro atoms. The van der Waals surface area contributed by atoms with Crippen LogP contribution in [0.25, 0.3) is 0 Å². The predicted molar refractivity (Wildman–Crippen MR) is 67.5 cm³/mol. The molecule has 0 bridgehead atoms. The lowest BCUT2D eigenvalue weighted by molar-refractivity contribution is -0.384. The van der Waals surface area contributed by atoms with E-state index in [1.54, 1.807) is 6.92 Å². The molecule has 1 aromatic rings. The Kier molecular flexibility index (Phi) is 4.97. The first kappa shape index (κ1) is 14.3. The SMILES string of the molecule is C[C@H](CO)C[C@@H](C)C(=O)c1ccc([N+](=O)[O-])cc1. The number of benzene rings is 1. The van der Waals surface area contributed by atoms with Gasteiger partial charge in [0.25, 0.3) is 5.69 Å². The lowest BCUT2D eigenvalue weighted by Gasteiger charge is -2.14. The molecule has 0 aliphatic heterocycles. The fraction of sp³-hybridized carbons (Fsp3) is 0.462. The van der Waals surface area contributed by atoms with Crippen molar-refractivity contribution < 1.29 is 14.8 Å². The highest BCUT2D eigenvalue weighted by atomic mass is 16.6. The molecule has 0 heterocycles. The summed E-state index contributed by atoms with van der Waals surface area (Å²) in [7, 11) is 0. The molecule has 0 fully saturated rings. The Balaban J connectivity index is 2.74. The van der Waals surface area contributed by atoms with E-state index in [2.05, 4.69) is 0 Å². The van der Waals surface area contributed by atoms with Crippen molar-refractivity contribution in [3.05, 3.63) is 39.9 Å². The van der Waals surface area contributed by atoms with Crippen molar-refractivity contribution >= 4 is 11.5 Å². The van der Waals surface area contributed by atoms with Gasteiger partial charge < -0.3 is 5.11 Å². The molecule has 2 atom stereocenters. The lowest BCUT2D eigenvalue weighted by atomic mass is 9.91. The first-order valence-corrected chi connectivity index (χ1v) is 5.85. The summed E-state index contributed by atoms with van der Waals surface area (Å²) in [5.74, 6) is -0.180. The van der Waals surface area contributed by atoms with Gasteiger partial charge in [-0.25, -0.2) is 0 Å². The van der Waals surface area contributed by atoms with E-state index < -0.39 is 4.92 Å². The normalized spacial score (nSPS) is 13.9. The molecule has 0 aliphatic rings. The molecule has 5 nitrogen and oxygen atoms in total. The average molecular weight is 251 g/mol. The van der Waals surface area contributed by atoms with Crippen LogP contribution in [0.4, 0.5) is 5.69 Å². The van der Waals surface area contributed by atoms with Crippen molar-refractivity contribution in [3.8, 4) is 0 Å². The third-order valence-corrected chi connectivity index (χ3v) is 2.88. The number of aliphatic hydroxyl groups excluding tert-OH is 1. The zero-order valence-electron chi connectivity index (χ0n) is 10.5. The Morgan fingerprint density at radius 3 is 2.33 bits per heavy atom. The molecule has 0 aromatic heterocycles. The maximum absolute atomic E-state index is 12.0. The first-order valence-electron chi connectivity index (χ1n) is 5.85. The number of hydrogen-bond donors (Lipinski definition) is 1. The molecule has 1 N–H and O–H groups in total. The topological polar surface area (TPSA) is 80.4 Å². The number of non-ortho nitro benzene ring substituents is 1. The number of hydrogen-bond acceptors (Lipinski definition) is 4. The molecule has 1 aromatic carbocycles. The van der Waals surface area contributed by atoms with Gasteiger partial charge in [0.05, 0.1) is 4.92 Å². The summed E-state index contributed by atoms with van der Waals surface area (Å²) in [5.41, 5.74) is 0.446. The molecule has 5 heteroatoms. The summed E-state index contributed by atoms with van der Waals surface area (Å²) in [5, 5.41) is 19.4. The van der Waals surface area contributed by atoms with Crippen molar-refractivity contribution in [1.29, 1.82) is 0 Å². The summed E-state index contributed by atoms with van der Waals surface area (Å²) in [6.45, 7) is 3.73. The van der Waals surface area contributed by atoms with E-state index >= 15 is 0 Å². The van der Waals surface area contributed by atoms with Gasteiger partial charge in [0.15, 0.2) is 5.78 Å². The van der Waals surface area contributed by atoms with Gasteiger partial charge >= 0.3 is 0 Å². The molecule has 0 unspecified atom stereocenters. The second-order valence-electron chi connectivity index (χ2n) is 4.59. The van der Waals surface area contributed by atoms with Crippen LogP contribution in [0.15, 0.2) is 24.3 Å². The highest BCUT2D eigenvalue weighted by Gasteiger charge is 2.18. The van der Waals surface area contributed by atoms with Gasteiger partial charge in [0, 0.05) is 30.2 Å². The minimum atomic E-state index is -0.495. The fourth-order valence-electron chi connectivity index (χ4n) is 1.82. The van der Waals surface area contributed by atoms with Gasteiger partial charge in [-0.3, -0.25) is 14.9 Å². The van der Waals surface area contributed by atoms with Crippen LogP contribution < -0.4 is 0 Å². The number of nitro groups is 1. The van der Waals surface area contributed by atoms with Crippen LogP contribution in [0, 0.1) is 22.0 Å². The number of ketones is 1. The second kappa shape index (κ2) is 6.26. The Labute approximate surface area is 106 Å². The highest BCUT2D eigenvalue weighted by Crippen LogP contribution is 2.19. The summed E-state index contributed by atoms with van der Waals surface area (Å²) >= 11 is 0. The van der Waals surface area contributed by atoms with Gasteiger partial charge in [0.1, 0.15) is 0 Å². The molecule has 0 amide bonds. The molecule has 0 radical (unpaired) electrons. The quantitative estimate of drug-likeness (QED) is 0.478. The molecule has 0 saturated heterocycles. The molecule has 1 rings (SSSR count). The molecular weight excluding hydrogens is 234 g/mol. The van der Waals surface area contributed by atoms with Crippen LogP contribution in [0.5, 0.6) is 0 Å². The number of Topliss-reactive ketones (excluding diaryl/α,β-unsaturated/α-hetero) is 1. The van der Waals surface area contributed by atoms with Gasteiger partial charge in [0.2, 0.25) is 0 Å². The zero-order chi connectivity index (χ0) is 13.7. The maximum Gasteiger partial charge on any atom is 0.269 e. The summed E-state index contributed by atoms with van der Waals surface area (Å²) in [6, 6.07) is 5.60. The van der Waals surface area contributed by atoms with Crippen molar-refractivity contribution in [2.24, 2.45) is 11.8 Å². The largest absolute Gasteiger partial charge is 0.396 e. The van der Waals surface area contributed by atoms with E-state index in [9.17, 15) is 14.9 Å². The number of nitro benzene ring substituents is 1. The van der Waals surface area contributed by atoms with Crippen LogP contribution in [0.1, 0.15) is 30.6 Å². The van der Waals surface area contributed by atoms with E-state index in [4.69, 9.17) is 5.11 Å². The van der Waals surface area contributed by atoms with E-state index in [0.717, 1.165) is 0 Å². The van der Waals surface area contributed by atoms with Crippen LogP contribution >= 0.6 is 0 Å². The van der Waals surface area contributed by atoms with E-state index in [1.807, 2.05) is 6.92 Å².